The van der Waals surface area contributed by atoms with Crippen LogP contribution in [-0.2, 0) is 0 Å². The van der Waals surface area contributed by atoms with E-state index in [-0.39, 0.29) is 5.75 Å². The third-order valence-corrected chi connectivity index (χ3v) is 3.75. The predicted octanol–water partition coefficient (Wildman–Crippen LogP) is 4.80. The molecule has 0 amide bonds. The van der Waals surface area contributed by atoms with Gasteiger partial charge in [0, 0.05) is 5.02 Å². The molecule has 2 aromatic rings. The second-order valence-electron chi connectivity index (χ2n) is 4.65. The highest BCUT2D eigenvalue weighted by Gasteiger charge is 2.05. The largest absolute Gasteiger partial charge is 0.508 e. The van der Waals surface area contributed by atoms with Crippen molar-refractivity contribution in [3.05, 3.63) is 58.1 Å². The maximum atomic E-state index is 9.33. The van der Waals surface area contributed by atoms with Gasteiger partial charge in [0.25, 0.3) is 0 Å². The van der Waals surface area contributed by atoms with Crippen LogP contribution in [0.5, 0.6) is 5.75 Å². The third kappa shape index (κ3) is 5.10. The summed E-state index contributed by atoms with van der Waals surface area (Å²) in [6.45, 7) is 1.99. The molecule has 0 heterocycles. The summed E-state index contributed by atoms with van der Waals surface area (Å²) < 4.78 is 0. The Kier molecular flexibility index (Phi) is 6.21. The van der Waals surface area contributed by atoms with E-state index in [0.29, 0.717) is 27.3 Å². The average Bonchev–Trinajstić information content (AvgIpc) is 2.52. The van der Waals surface area contributed by atoms with Gasteiger partial charge in [0.15, 0.2) is 5.11 Å². The molecule has 4 nitrogen and oxygen atoms in total. The molecular weight excluding hydrogens is 353 g/mol. The molecule has 0 bridgehead atoms. The van der Waals surface area contributed by atoms with E-state index in [2.05, 4.69) is 15.8 Å². The molecule has 0 aromatic heterocycles. The van der Waals surface area contributed by atoms with Gasteiger partial charge in [-0.2, -0.15) is 5.10 Å². The van der Waals surface area contributed by atoms with Crippen molar-refractivity contribution in [2.24, 2.45) is 5.10 Å². The Morgan fingerprint density at radius 3 is 2.48 bits per heavy atom. The van der Waals surface area contributed by atoms with Crippen molar-refractivity contribution < 1.29 is 5.11 Å². The molecule has 3 N–H and O–H groups in total. The number of hydrogen-bond acceptors (Lipinski definition) is 3. The molecular formula is C16H15Cl2N3OS. The standard InChI is InChI=1S/C16H15Cl2N3OS/c1-2-14(10-3-6-12(22)7-4-10)20-21-16(23)19-15-8-5-11(17)9-13(15)18/h3-9,22H,2H2,1H3,(H2,19,21,23). The summed E-state index contributed by atoms with van der Waals surface area (Å²) in [7, 11) is 0. The van der Waals surface area contributed by atoms with Crippen LogP contribution < -0.4 is 10.7 Å². The zero-order valence-corrected chi connectivity index (χ0v) is 14.6. The number of thiocarbonyl (C=S) groups is 1. The van der Waals surface area contributed by atoms with Crippen molar-refractivity contribution in [3.63, 3.8) is 0 Å². The fourth-order valence-electron chi connectivity index (χ4n) is 1.86. The Hall–Kier alpha value is -1.82. The molecule has 7 heteroatoms. The number of benzene rings is 2. The first-order valence-corrected chi connectivity index (χ1v) is 8.04. The van der Waals surface area contributed by atoms with E-state index in [9.17, 15) is 5.11 Å². The monoisotopic (exact) mass is 367 g/mol. The van der Waals surface area contributed by atoms with Gasteiger partial charge in [0.2, 0.25) is 0 Å². The zero-order chi connectivity index (χ0) is 16.8. The minimum atomic E-state index is 0.215. The SMILES string of the molecule is CCC(=NNC(=S)Nc1ccc(Cl)cc1Cl)c1ccc(O)cc1. The summed E-state index contributed by atoms with van der Waals surface area (Å²) in [5.74, 6) is 0.215. The molecule has 0 fully saturated rings. The summed E-state index contributed by atoms with van der Waals surface area (Å²) in [5, 5.41) is 17.9. The molecule has 23 heavy (non-hydrogen) atoms. The first-order valence-electron chi connectivity index (χ1n) is 6.87. The molecule has 120 valence electrons. The normalized spacial score (nSPS) is 11.2. The second-order valence-corrected chi connectivity index (χ2v) is 5.90. The van der Waals surface area contributed by atoms with Crippen molar-refractivity contribution in [2.45, 2.75) is 13.3 Å². The number of nitrogens with zero attached hydrogens (tertiary/aromatic N) is 1. The molecule has 0 saturated carbocycles. The number of phenols is 1. The molecule has 0 unspecified atom stereocenters. The maximum absolute atomic E-state index is 9.33. The quantitative estimate of drug-likeness (QED) is 0.412. The van der Waals surface area contributed by atoms with E-state index < -0.39 is 0 Å². The first kappa shape index (κ1) is 17.5. The topological polar surface area (TPSA) is 56.7 Å². The third-order valence-electron chi connectivity index (χ3n) is 3.01. The van der Waals surface area contributed by atoms with E-state index in [1.165, 1.54) is 0 Å². The number of anilines is 1. The second kappa shape index (κ2) is 8.15. The van der Waals surface area contributed by atoms with Crippen LogP contribution >= 0.6 is 35.4 Å². The molecule has 0 atom stereocenters. The summed E-state index contributed by atoms with van der Waals surface area (Å²) in [5.41, 5.74) is 5.16. The van der Waals surface area contributed by atoms with Gasteiger partial charge in [-0.15, -0.1) is 0 Å². The molecule has 0 radical (unpaired) electrons. The fraction of sp³-hybridized carbons (Fsp3) is 0.125. The fourth-order valence-corrected chi connectivity index (χ4v) is 2.47. The summed E-state index contributed by atoms with van der Waals surface area (Å²) >= 11 is 17.1. The molecule has 0 spiro atoms. The summed E-state index contributed by atoms with van der Waals surface area (Å²) in [4.78, 5) is 0. The molecule has 0 aliphatic rings. The molecule has 0 saturated heterocycles. The number of aromatic hydroxyl groups is 1. The van der Waals surface area contributed by atoms with Gasteiger partial charge in [-0.1, -0.05) is 30.1 Å². The predicted molar refractivity (Wildman–Crippen MR) is 101 cm³/mol. The Morgan fingerprint density at radius 2 is 1.87 bits per heavy atom. The lowest BCUT2D eigenvalue weighted by molar-refractivity contribution is 0.475. The molecule has 2 rings (SSSR count). The molecule has 0 aliphatic heterocycles. The van der Waals surface area contributed by atoms with Gasteiger partial charge in [-0.3, -0.25) is 5.43 Å². The number of phenolic OH excluding ortho intramolecular Hbond substituents is 1. The van der Waals surface area contributed by atoms with Crippen LogP contribution in [-0.4, -0.2) is 15.9 Å². The first-order chi connectivity index (χ1) is 11.0. The highest BCUT2D eigenvalue weighted by molar-refractivity contribution is 7.80. The van der Waals surface area contributed by atoms with Gasteiger partial charge < -0.3 is 10.4 Å². The van der Waals surface area contributed by atoms with Gasteiger partial charge in [-0.05, 0) is 66.7 Å². The van der Waals surface area contributed by atoms with Crippen molar-refractivity contribution in [1.82, 2.24) is 5.43 Å². The van der Waals surface area contributed by atoms with E-state index in [1.807, 2.05) is 6.92 Å². The lowest BCUT2D eigenvalue weighted by Gasteiger charge is -2.10. The highest BCUT2D eigenvalue weighted by Crippen LogP contribution is 2.25. The minimum absolute atomic E-state index is 0.215. The van der Waals surface area contributed by atoms with Crippen LogP contribution in [0.3, 0.4) is 0 Å². The maximum Gasteiger partial charge on any atom is 0.191 e. The van der Waals surface area contributed by atoms with Crippen LogP contribution in [0.4, 0.5) is 5.69 Å². The smallest absolute Gasteiger partial charge is 0.191 e. The van der Waals surface area contributed by atoms with Crippen molar-refractivity contribution in [1.29, 1.82) is 0 Å². The van der Waals surface area contributed by atoms with Crippen LogP contribution in [0.25, 0.3) is 0 Å². The number of hydrazone groups is 1. The van der Waals surface area contributed by atoms with E-state index in [4.69, 9.17) is 35.4 Å². The number of halogens is 2. The Morgan fingerprint density at radius 1 is 1.17 bits per heavy atom. The van der Waals surface area contributed by atoms with Gasteiger partial charge in [0.1, 0.15) is 5.75 Å². The van der Waals surface area contributed by atoms with Crippen LogP contribution in [0.2, 0.25) is 10.0 Å². The van der Waals surface area contributed by atoms with Gasteiger partial charge in [-0.25, -0.2) is 0 Å². The highest BCUT2D eigenvalue weighted by atomic mass is 35.5. The Balaban J connectivity index is 2.05. The minimum Gasteiger partial charge on any atom is -0.508 e. The Bertz CT molecular complexity index is 733. The van der Waals surface area contributed by atoms with E-state index >= 15 is 0 Å². The van der Waals surface area contributed by atoms with Crippen molar-refractivity contribution in [3.8, 4) is 5.75 Å². The summed E-state index contributed by atoms with van der Waals surface area (Å²) in [6.07, 6.45) is 0.710. The van der Waals surface area contributed by atoms with Gasteiger partial charge >= 0.3 is 0 Å². The molecule has 0 aliphatic carbocycles. The average molecular weight is 368 g/mol. The van der Waals surface area contributed by atoms with Crippen molar-refractivity contribution in [2.75, 3.05) is 5.32 Å². The Labute approximate surface area is 150 Å². The summed E-state index contributed by atoms with van der Waals surface area (Å²) in [6, 6.07) is 11.9. The zero-order valence-electron chi connectivity index (χ0n) is 12.3. The van der Waals surface area contributed by atoms with Crippen LogP contribution in [0.15, 0.2) is 47.6 Å². The number of rotatable bonds is 4. The van der Waals surface area contributed by atoms with E-state index in [1.54, 1.807) is 42.5 Å². The lowest BCUT2D eigenvalue weighted by atomic mass is 10.1. The number of nitrogens with one attached hydrogen (secondary N) is 2. The van der Waals surface area contributed by atoms with Crippen molar-refractivity contribution >= 4 is 51.9 Å². The number of hydrogen-bond donors (Lipinski definition) is 3. The molecule has 2 aromatic carbocycles. The van der Waals surface area contributed by atoms with Crippen LogP contribution in [0.1, 0.15) is 18.9 Å². The van der Waals surface area contributed by atoms with Gasteiger partial charge in [0.05, 0.1) is 16.4 Å². The van der Waals surface area contributed by atoms with Crippen LogP contribution in [0, 0.1) is 0 Å². The van der Waals surface area contributed by atoms with E-state index in [0.717, 1.165) is 11.3 Å². The lowest BCUT2D eigenvalue weighted by Crippen LogP contribution is -2.25.